The Labute approximate surface area is 272 Å². The molecular weight excluding hydrogens is 540 g/mol. The molecule has 0 saturated heterocycles. The SMILES string of the molecule is CC.CC.CC.CC.c1ccc(-c2ccc3c4ccccc4c4ccccc4c3c2)cc1.c1ccc2c(c1)Cc1ccccc1-2. The van der Waals surface area contributed by atoms with E-state index >= 15 is 0 Å². The van der Waals surface area contributed by atoms with Crippen LogP contribution in [0.25, 0.3) is 54.6 Å². The maximum atomic E-state index is 2.33. The second-order valence-electron chi connectivity index (χ2n) is 9.71. The highest BCUT2D eigenvalue weighted by Gasteiger charge is 2.16. The standard InChI is InChI=1S/C24H16.C13H10.4C2H6/c1-2-8-17(9-3-1)18-14-15-23-21-12-5-4-10-19(21)20-11-6-7-13-22(20)24(23)16-18;1-3-7-12-10(5-1)9-11-6-2-4-8-13(11)12;4*1-2/h1-16H;1-8H,9H2;4*1-2H3. The Balaban J connectivity index is 0.000000223. The third-order valence-corrected chi connectivity index (χ3v) is 7.56. The van der Waals surface area contributed by atoms with Crippen molar-refractivity contribution in [2.75, 3.05) is 0 Å². The van der Waals surface area contributed by atoms with Gasteiger partial charge in [0.2, 0.25) is 0 Å². The van der Waals surface area contributed by atoms with E-state index in [1.54, 1.807) is 0 Å². The number of rotatable bonds is 1. The third-order valence-electron chi connectivity index (χ3n) is 7.56. The van der Waals surface area contributed by atoms with Crippen LogP contribution < -0.4 is 0 Å². The van der Waals surface area contributed by atoms with E-state index in [1.165, 1.54) is 65.7 Å². The minimum absolute atomic E-state index is 1.10. The highest BCUT2D eigenvalue weighted by Crippen LogP contribution is 2.37. The van der Waals surface area contributed by atoms with Crippen molar-refractivity contribution in [3.63, 3.8) is 0 Å². The molecule has 0 fully saturated rings. The summed E-state index contributed by atoms with van der Waals surface area (Å²) in [5.74, 6) is 0. The maximum Gasteiger partial charge on any atom is -0.00135 e. The van der Waals surface area contributed by atoms with Gasteiger partial charge in [0.25, 0.3) is 0 Å². The van der Waals surface area contributed by atoms with Gasteiger partial charge in [-0.15, -0.1) is 0 Å². The molecule has 0 amide bonds. The van der Waals surface area contributed by atoms with Crippen molar-refractivity contribution < 1.29 is 0 Å². The van der Waals surface area contributed by atoms with Crippen molar-refractivity contribution in [2.24, 2.45) is 0 Å². The van der Waals surface area contributed by atoms with E-state index in [0.29, 0.717) is 0 Å². The zero-order valence-corrected chi connectivity index (χ0v) is 28.6. The van der Waals surface area contributed by atoms with Crippen LogP contribution in [0, 0.1) is 0 Å². The lowest BCUT2D eigenvalue weighted by Gasteiger charge is -2.12. The fraction of sp³-hybridized carbons (Fsp3) is 0.200. The minimum atomic E-state index is 1.10. The molecule has 0 N–H and O–H groups in total. The average Bonchev–Trinajstić information content (AvgIpc) is 3.54. The lowest BCUT2D eigenvalue weighted by molar-refractivity contribution is 1.26. The second-order valence-corrected chi connectivity index (χ2v) is 9.71. The van der Waals surface area contributed by atoms with Crippen LogP contribution in [0.4, 0.5) is 0 Å². The molecule has 0 heterocycles. The molecule has 0 spiro atoms. The smallest absolute Gasteiger partial charge is 0.00135 e. The zero-order chi connectivity index (χ0) is 32.6. The molecule has 45 heavy (non-hydrogen) atoms. The summed E-state index contributed by atoms with van der Waals surface area (Å²) >= 11 is 0. The van der Waals surface area contributed by atoms with Crippen LogP contribution in [0.2, 0.25) is 0 Å². The van der Waals surface area contributed by atoms with Gasteiger partial charge in [0.15, 0.2) is 0 Å². The quantitative estimate of drug-likeness (QED) is 0.167. The first kappa shape index (κ1) is 34.8. The normalized spacial score (nSPS) is 10.1. The van der Waals surface area contributed by atoms with Gasteiger partial charge in [-0.3, -0.25) is 0 Å². The average molecular weight is 591 g/mol. The predicted molar refractivity (Wildman–Crippen MR) is 204 cm³/mol. The molecule has 1 aliphatic carbocycles. The molecule has 0 radical (unpaired) electrons. The predicted octanol–water partition coefficient (Wildman–Crippen LogP) is 14.2. The van der Waals surface area contributed by atoms with Gasteiger partial charge in [-0.2, -0.15) is 0 Å². The van der Waals surface area contributed by atoms with Gasteiger partial charge >= 0.3 is 0 Å². The Hall–Kier alpha value is -4.68. The van der Waals surface area contributed by atoms with E-state index in [4.69, 9.17) is 0 Å². The highest BCUT2D eigenvalue weighted by atomic mass is 14.2. The van der Waals surface area contributed by atoms with Gasteiger partial charge < -0.3 is 0 Å². The summed E-state index contributed by atoms with van der Waals surface area (Å²) in [6.45, 7) is 16.0. The molecule has 1 aliphatic rings. The summed E-state index contributed by atoms with van der Waals surface area (Å²) in [7, 11) is 0. The second kappa shape index (κ2) is 18.2. The Bertz CT molecular complexity index is 1810. The maximum absolute atomic E-state index is 2.33. The van der Waals surface area contributed by atoms with Crippen molar-refractivity contribution in [1.82, 2.24) is 0 Å². The molecule has 0 nitrogen and oxygen atoms in total. The molecule has 0 saturated carbocycles. The molecule has 0 atom stereocenters. The third kappa shape index (κ3) is 7.70. The van der Waals surface area contributed by atoms with Crippen molar-refractivity contribution in [1.29, 1.82) is 0 Å². The lowest BCUT2D eigenvalue weighted by Crippen LogP contribution is -1.84. The van der Waals surface area contributed by atoms with Crippen LogP contribution in [-0.2, 0) is 6.42 Å². The van der Waals surface area contributed by atoms with E-state index in [2.05, 4.69) is 146 Å². The van der Waals surface area contributed by atoms with E-state index in [1.807, 2.05) is 55.4 Å². The van der Waals surface area contributed by atoms with Gasteiger partial charge in [0.05, 0.1) is 0 Å². The highest BCUT2D eigenvalue weighted by molar-refractivity contribution is 6.25. The Kier molecular flexibility index (Phi) is 14.1. The molecule has 230 valence electrons. The van der Waals surface area contributed by atoms with Crippen molar-refractivity contribution in [3.05, 3.63) is 157 Å². The summed E-state index contributed by atoms with van der Waals surface area (Å²) in [5.41, 5.74) is 8.28. The molecule has 0 bridgehead atoms. The van der Waals surface area contributed by atoms with Crippen LogP contribution in [0.1, 0.15) is 66.5 Å². The van der Waals surface area contributed by atoms with Crippen LogP contribution in [0.3, 0.4) is 0 Å². The summed E-state index contributed by atoms with van der Waals surface area (Å²) in [6, 6.07) is 52.2. The first-order valence-corrected chi connectivity index (χ1v) is 16.9. The molecule has 0 aromatic heterocycles. The Morgan fingerprint density at radius 2 is 0.644 bits per heavy atom. The van der Waals surface area contributed by atoms with E-state index < -0.39 is 0 Å². The van der Waals surface area contributed by atoms with E-state index in [0.717, 1.165) is 6.42 Å². The summed E-state index contributed by atoms with van der Waals surface area (Å²) in [5, 5.41) is 7.95. The van der Waals surface area contributed by atoms with Gasteiger partial charge in [-0.1, -0.05) is 195 Å². The minimum Gasteiger partial charge on any atom is -0.0683 e. The molecule has 7 aromatic rings. The first-order chi connectivity index (χ1) is 22.4. The monoisotopic (exact) mass is 590 g/mol. The summed E-state index contributed by atoms with van der Waals surface area (Å²) in [6.07, 6.45) is 1.10. The number of benzene rings is 7. The van der Waals surface area contributed by atoms with Crippen LogP contribution >= 0.6 is 0 Å². The van der Waals surface area contributed by atoms with Gasteiger partial charge in [-0.05, 0) is 78.2 Å². The van der Waals surface area contributed by atoms with E-state index in [-0.39, 0.29) is 0 Å². The van der Waals surface area contributed by atoms with Crippen LogP contribution in [0.5, 0.6) is 0 Å². The molecular formula is C45H50. The summed E-state index contributed by atoms with van der Waals surface area (Å²) in [4.78, 5) is 0. The number of fused-ring (bicyclic) bond motifs is 9. The lowest BCUT2D eigenvalue weighted by atomic mass is 9.92. The van der Waals surface area contributed by atoms with Crippen LogP contribution in [-0.4, -0.2) is 0 Å². The fourth-order valence-electron chi connectivity index (χ4n) is 5.80. The first-order valence-electron chi connectivity index (χ1n) is 16.9. The largest absolute Gasteiger partial charge is 0.0683 e. The van der Waals surface area contributed by atoms with Crippen molar-refractivity contribution in [3.8, 4) is 22.3 Å². The van der Waals surface area contributed by atoms with Gasteiger partial charge in [0.1, 0.15) is 0 Å². The van der Waals surface area contributed by atoms with Gasteiger partial charge in [-0.25, -0.2) is 0 Å². The Morgan fingerprint density at radius 3 is 1.11 bits per heavy atom. The van der Waals surface area contributed by atoms with Gasteiger partial charge in [0, 0.05) is 0 Å². The van der Waals surface area contributed by atoms with Crippen LogP contribution in [0.15, 0.2) is 146 Å². The summed E-state index contributed by atoms with van der Waals surface area (Å²) < 4.78 is 0. The molecule has 8 rings (SSSR count). The van der Waals surface area contributed by atoms with Crippen molar-refractivity contribution >= 4 is 32.3 Å². The topological polar surface area (TPSA) is 0 Å². The molecule has 0 aliphatic heterocycles. The molecule has 0 heteroatoms. The zero-order valence-electron chi connectivity index (χ0n) is 28.6. The molecule has 7 aromatic carbocycles. The van der Waals surface area contributed by atoms with Crippen molar-refractivity contribution in [2.45, 2.75) is 61.8 Å². The fourth-order valence-corrected chi connectivity index (χ4v) is 5.80. The van der Waals surface area contributed by atoms with E-state index in [9.17, 15) is 0 Å². The number of hydrogen-bond acceptors (Lipinski definition) is 0. The number of hydrogen-bond donors (Lipinski definition) is 0. The Morgan fingerprint density at radius 1 is 0.289 bits per heavy atom. The molecule has 0 unspecified atom stereocenters.